The molecule has 0 saturated heterocycles. The predicted molar refractivity (Wildman–Crippen MR) is 110 cm³/mol. The van der Waals surface area contributed by atoms with Gasteiger partial charge in [-0.2, -0.15) is 0 Å². The minimum Gasteiger partial charge on any atom is -0.322 e. The van der Waals surface area contributed by atoms with Crippen molar-refractivity contribution in [3.63, 3.8) is 0 Å². The lowest BCUT2D eigenvalue weighted by molar-refractivity contribution is 0.101. The van der Waals surface area contributed by atoms with Crippen molar-refractivity contribution in [1.29, 1.82) is 0 Å². The van der Waals surface area contributed by atoms with Crippen molar-refractivity contribution in [2.24, 2.45) is 0 Å². The van der Waals surface area contributed by atoms with E-state index in [1.165, 1.54) is 0 Å². The van der Waals surface area contributed by atoms with E-state index in [4.69, 9.17) is 34.8 Å². The molecule has 0 spiro atoms. The van der Waals surface area contributed by atoms with E-state index < -0.39 is 5.91 Å². The maximum absolute atomic E-state index is 12.5. The molecule has 0 radical (unpaired) electrons. The Balaban J connectivity index is 1.81. The maximum Gasteiger partial charge on any atom is 0.258 e. The molecule has 2 N–H and O–H groups in total. The summed E-state index contributed by atoms with van der Waals surface area (Å²) in [6.07, 6.45) is 0. The van der Waals surface area contributed by atoms with Crippen molar-refractivity contribution in [3.05, 3.63) is 92.9 Å². The monoisotopic (exact) mass is 418 g/mol. The number of hydrogen-bond donors (Lipinski definition) is 2. The molecule has 0 saturated carbocycles. The number of carbonyl (C=O) groups is 2. The van der Waals surface area contributed by atoms with E-state index in [0.29, 0.717) is 22.0 Å². The molecular formula is C20H13Cl3N2O2. The van der Waals surface area contributed by atoms with Crippen LogP contribution in [-0.2, 0) is 0 Å². The molecule has 0 atom stereocenters. The fraction of sp³-hybridized carbons (Fsp3) is 0. The van der Waals surface area contributed by atoms with Crippen LogP contribution in [0.5, 0.6) is 0 Å². The van der Waals surface area contributed by atoms with Gasteiger partial charge in [-0.3, -0.25) is 9.59 Å². The maximum atomic E-state index is 12.5. The summed E-state index contributed by atoms with van der Waals surface area (Å²) in [4.78, 5) is 24.8. The molecule has 7 heteroatoms. The summed E-state index contributed by atoms with van der Waals surface area (Å²) >= 11 is 18.2. The van der Waals surface area contributed by atoms with Gasteiger partial charge in [0.25, 0.3) is 11.8 Å². The summed E-state index contributed by atoms with van der Waals surface area (Å²) < 4.78 is 0. The third kappa shape index (κ3) is 4.80. The second kappa shape index (κ2) is 8.44. The second-order valence-corrected chi connectivity index (χ2v) is 6.85. The van der Waals surface area contributed by atoms with Crippen molar-refractivity contribution in [2.75, 3.05) is 10.6 Å². The van der Waals surface area contributed by atoms with E-state index in [9.17, 15) is 9.59 Å². The standard InChI is InChI=1S/C20H13Cl3N2O2/c21-13-9-14(24-19(26)12-5-2-1-3-6-12)11-15(10-13)25-20(27)18-16(22)7-4-8-17(18)23/h1-11H,(H,24,26)(H,25,27). The smallest absolute Gasteiger partial charge is 0.258 e. The van der Waals surface area contributed by atoms with Crippen LogP contribution in [0.2, 0.25) is 15.1 Å². The first-order chi connectivity index (χ1) is 12.9. The quantitative estimate of drug-likeness (QED) is 0.533. The van der Waals surface area contributed by atoms with E-state index in [2.05, 4.69) is 10.6 Å². The first-order valence-electron chi connectivity index (χ1n) is 7.86. The lowest BCUT2D eigenvalue weighted by Gasteiger charge is -2.11. The number of nitrogens with one attached hydrogen (secondary N) is 2. The zero-order chi connectivity index (χ0) is 19.4. The van der Waals surface area contributed by atoms with Gasteiger partial charge in [0.1, 0.15) is 0 Å². The number of carbonyl (C=O) groups excluding carboxylic acids is 2. The highest BCUT2D eigenvalue weighted by atomic mass is 35.5. The van der Waals surface area contributed by atoms with E-state index in [1.54, 1.807) is 60.7 Å². The van der Waals surface area contributed by atoms with Crippen LogP contribution < -0.4 is 10.6 Å². The van der Waals surface area contributed by atoms with Crippen molar-refractivity contribution >= 4 is 58.0 Å². The lowest BCUT2D eigenvalue weighted by Crippen LogP contribution is -2.14. The summed E-state index contributed by atoms with van der Waals surface area (Å²) in [5, 5.41) is 6.26. The number of amides is 2. The Kier molecular flexibility index (Phi) is 6.01. The van der Waals surface area contributed by atoms with Gasteiger partial charge in [0, 0.05) is 22.0 Å². The fourth-order valence-electron chi connectivity index (χ4n) is 2.44. The van der Waals surface area contributed by atoms with Crippen LogP contribution in [0.15, 0.2) is 66.7 Å². The van der Waals surface area contributed by atoms with Crippen molar-refractivity contribution in [3.8, 4) is 0 Å². The van der Waals surface area contributed by atoms with E-state index in [0.717, 1.165) is 0 Å². The van der Waals surface area contributed by atoms with Gasteiger partial charge in [0.2, 0.25) is 0 Å². The van der Waals surface area contributed by atoms with Crippen molar-refractivity contribution in [1.82, 2.24) is 0 Å². The number of anilines is 2. The van der Waals surface area contributed by atoms with Gasteiger partial charge in [-0.25, -0.2) is 0 Å². The molecule has 0 bridgehead atoms. The summed E-state index contributed by atoms with van der Waals surface area (Å²) in [6.45, 7) is 0. The molecule has 3 aromatic carbocycles. The van der Waals surface area contributed by atoms with Gasteiger partial charge in [0.05, 0.1) is 15.6 Å². The van der Waals surface area contributed by atoms with Crippen LogP contribution >= 0.6 is 34.8 Å². The van der Waals surface area contributed by atoms with E-state index in [-0.39, 0.29) is 21.5 Å². The molecule has 4 nitrogen and oxygen atoms in total. The number of benzene rings is 3. The molecule has 0 aliphatic heterocycles. The van der Waals surface area contributed by atoms with Crippen molar-refractivity contribution in [2.45, 2.75) is 0 Å². The zero-order valence-electron chi connectivity index (χ0n) is 13.8. The highest BCUT2D eigenvalue weighted by Crippen LogP contribution is 2.27. The summed E-state index contributed by atoms with van der Waals surface area (Å²) in [5.41, 5.74) is 1.50. The SMILES string of the molecule is O=C(Nc1cc(Cl)cc(NC(=O)c2c(Cl)cccc2Cl)c1)c1ccccc1. The summed E-state index contributed by atoms with van der Waals surface area (Å²) in [5.74, 6) is -0.766. The first-order valence-corrected chi connectivity index (χ1v) is 9.00. The number of halogens is 3. The highest BCUT2D eigenvalue weighted by Gasteiger charge is 2.15. The first kappa shape index (κ1) is 19.2. The Hall–Kier alpha value is -2.53. The van der Waals surface area contributed by atoms with Gasteiger partial charge in [0.15, 0.2) is 0 Å². The largest absolute Gasteiger partial charge is 0.322 e. The normalized spacial score (nSPS) is 10.3. The van der Waals surface area contributed by atoms with E-state index in [1.807, 2.05) is 6.07 Å². The third-order valence-electron chi connectivity index (χ3n) is 3.64. The molecule has 0 heterocycles. The van der Waals surface area contributed by atoms with Crippen LogP contribution in [0.25, 0.3) is 0 Å². The molecule has 27 heavy (non-hydrogen) atoms. The van der Waals surface area contributed by atoms with Crippen LogP contribution in [0.4, 0.5) is 11.4 Å². The number of rotatable bonds is 4. The number of hydrogen-bond acceptors (Lipinski definition) is 2. The molecule has 3 rings (SSSR count). The molecule has 0 aromatic heterocycles. The minimum atomic E-state index is -0.479. The molecule has 0 fully saturated rings. The van der Waals surface area contributed by atoms with Crippen LogP contribution in [-0.4, -0.2) is 11.8 Å². The fourth-order valence-corrected chi connectivity index (χ4v) is 3.24. The average Bonchev–Trinajstić information content (AvgIpc) is 2.61. The Morgan fingerprint density at radius 2 is 1.22 bits per heavy atom. The molecule has 0 aliphatic carbocycles. The summed E-state index contributed by atoms with van der Waals surface area (Å²) in [7, 11) is 0. The van der Waals surface area contributed by atoms with Gasteiger partial charge < -0.3 is 10.6 Å². The molecule has 2 amide bonds. The Morgan fingerprint density at radius 1 is 0.667 bits per heavy atom. The second-order valence-electron chi connectivity index (χ2n) is 5.60. The molecule has 136 valence electrons. The van der Waals surface area contributed by atoms with Gasteiger partial charge >= 0.3 is 0 Å². The lowest BCUT2D eigenvalue weighted by atomic mass is 10.2. The van der Waals surface area contributed by atoms with Crippen LogP contribution in [0.3, 0.4) is 0 Å². The average molecular weight is 420 g/mol. The zero-order valence-corrected chi connectivity index (χ0v) is 16.1. The molecule has 0 aliphatic rings. The Bertz CT molecular complexity index is 987. The van der Waals surface area contributed by atoms with E-state index >= 15 is 0 Å². The van der Waals surface area contributed by atoms with Crippen molar-refractivity contribution < 1.29 is 9.59 Å². The minimum absolute atomic E-state index is 0.163. The van der Waals surface area contributed by atoms with Crippen LogP contribution in [0, 0.1) is 0 Å². The van der Waals surface area contributed by atoms with Gasteiger partial charge in [-0.1, -0.05) is 59.1 Å². The predicted octanol–water partition coefficient (Wildman–Crippen LogP) is 6.15. The Labute approximate surface area is 171 Å². The third-order valence-corrected chi connectivity index (χ3v) is 4.49. The Morgan fingerprint density at radius 3 is 1.81 bits per heavy atom. The molecule has 3 aromatic rings. The van der Waals surface area contributed by atoms with Gasteiger partial charge in [-0.15, -0.1) is 0 Å². The topological polar surface area (TPSA) is 58.2 Å². The summed E-state index contributed by atoms with van der Waals surface area (Å²) in [6, 6.07) is 18.3. The highest BCUT2D eigenvalue weighted by molar-refractivity contribution is 6.40. The molecular weight excluding hydrogens is 407 g/mol. The van der Waals surface area contributed by atoms with Crippen LogP contribution in [0.1, 0.15) is 20.7 Å². The molecule has 0 unspecified atom stereocenters. The van der Waals surface area contributed by atoms with Gasteiger partial charge in [-0.05, 0) is 42.5 Å².